The average molecular weight is 302 g/mol. The number of nitrogens with zero attached hydrogens (tertiary/aromatic N) is 1. The summed E-state index contributed by atoms with van der Waals surface area (Å²) in [4.78, 5) is 4.84. The van der Waals surface area contributed by atoms with Crippen molar-refractivity contribution in [2.24, 2.45) is 0 Å². The van der Waals surface area contributed by atoms with Crippen LogP contribution in [-0.4, -0.2) is 18.6 Å². The van der Waals surface area contributed by atoms with Gasteiger partial charge in [-0.25, -0.2) is 4.98 Å². The minimum absolute atomic E-state index is 0.136. The van der Waals surface area contributed by atoms with E-state index in [1.807, 2.05) is 7.05 Å². The molecule has 2 rings (SSSR count). The maximum Gasteiger partial charge on any atom is 0.0935 e. The first-order valence-electron chi connectivity index (χ1n) is 7.56. The predicted octanol–water partition coefficient (Wildman–Crippen LogP) is 4.29. The minimum atomic E-state index is 0.136. The fourth-order valence-electron chi connectivity index (χ4n) is 2.35. The first kappa shape index (κ1) is 16.2. The largest absolute Gasteiger partial charge is 0.319 e. The number of hydrogen-bond acceptors (Lipinski definition) is 3. The Balaban J connectivity index is 2.16. The second kappa shape index (κ2) is 6.71. The molecule has 2 aromatic rings. The Morgan fingerprint density at radius 1 is 1.19 bits per heavy atom. The summed E-state index contributed by atoms with van der Waals surface area (Å²) >= 11 is 1.79. The van der Waals surface area contributed by atoms with E-state index in [-0.39, 0.29) is 5.41 Å². The average Bonchev–Trinajstić information content (AvgIpc) is 2.88. The summed E-state index contributed by atoms with van der Waals surface area (Å²) in [6.07, 6.45) is 1.00. The molecule has 0 radical (unpaired) electrons. The molecule has 114 valence electrons. The summed E-state index contributed by atoms with van der Waals surface area (Å²) in [6, 6.07) is 8.88. The van der Waals surface area contributed by atoms with Crippen LogP contribution in [0.5, 0.6) is 0 Å². The maximum absolute atomic E-state index is 4.84. The van der Waals surface area contributed by atoms with Gasteiger partial charge in [-0.1, -0.05) is 50.6 Å². The van der Waals surface area contributed by atoms with E-state index >= 15 is 0 Å². The Bertz CT molecular complexity index is 564. The molecule has 1 heterocycles. The van der Waals surface area contributed by atoms with E-state index in [4.69, 9.17) is 4.98 Å². The summed E-state index contributed by atoms with van der Waals surface area (Å²) in [5.41, 5.74) is 4.04. The van der Waals surface area contributed by atoms with E-state index in [1.165, 1.54) is 21.8 Å². The van der Waals surface area contributed by atoms with Gasteiger partial charge >= 0.3 is 0 Å². The van der Waals surface area contributed by atoms with Gasteiger partial charge in [0.25, 0.3) is 0 Å². The number of nitrogens with one attached hydrogen (secondary N) is 1. The lowest BCUT2D eigenvalue weighted by Gasteiger charge is -2.17. The van der Waals surface area contributed by atoms with Crippen LogP contribution >= 0.6 is 11.3 Å². The van der Waals surface area contributed by atoms with E-state index < -0.39 is 0 Å². The predicted molar refractivity (Wildman–Crippen MR) is 92.4 cm³/mol. The number of rotatable bonds is 5. The molecule has 0 aliphatic carbocycles. The van der Waals surface area contributed by atoms with E-state index in [1.54, 1.807) is 11.3 Å². The molecule has 21 heavy (non-hydrogen) atoms. The van der Waals surface area contributed by atoms with Crippen molar-refractivity contribution in [2.75, 3.05) is 13.6 Å². The zero-order valence-corrected chi connectivity index (χ0v) is 14.6. The smallest absolute Gasteiger partial charge is 0.0935 e. The molecule has 0 amide bonds. The molecule has 1 unspecified atom stereocenters. The zero-order valence-electron chi connectivity index (χ0n) is 13.7. The lowest BCUT2D eigenvalue weighted by molar-refractivity contribution is 0.566. The standard InChI is InChI=1S/C18H26N2S/c1-13-6-8-14(9-7-13)15(11-19-5)10-17-20-16(12-21-17)18(2,3)4/h6-9,12,15,19H,10-11H2,1-5H3. The molecule has 1 aromatic heterocycles. The van der Waals surface area contributed by atoms with Crippen molar-refractivity contribution >= 4 is 11.3 Å². The molecule has 2 nitrogen and oxygen atoms in total. The van der Waals surface area contributed by atoms with Crippen LogP contribution in [0.3, 0.4) is 0 Å². The third-order valence-corrected chi connectivity index (χ3v) is 4.61. The van der Waals surface area contributed by atoms with Gasteiger partial charge < -0.3 is 5.32 Å². The van der Waals surface area contributed by atoms with Crippen molar-refractivity contribution in [2.45, 2.75) is 45.4 Å². The van der Waals surface area contributed by atoms with Gasteiger partial charge in [-0.2, -0.15) is 0 Å². The van der Waals surface area contributed by atoms with E-state index in [0.717, 1.165) is 13.0 Å². The van der Waals surface area contributed by atoms with Crippen LogP contribution in [0, 0.1) is 6.92 Å². The highest BCUT2D eigenvalue weighted by molar-refractivity contribution is 7.09. The normalized spacial score (nSPS) is 13.4. The van der Waals surface area contributed by atoms with Crippen LogP contribution in [0.4, 0.5) is 0 Å². The zero-order chi connectivity index (χ0) is 15.5. The van der Waals surface area contributed by atoms with Gasteiger partial charge in [0.2, 0.25) is 0 Å². The third-order valence-electron chi connectivity index (χ3n) is 3.74. The van der Waals surface area contributed by atoms with Crippen LogP contribution in [-0.2, 0) is 11.8 Å². The van der Waals surface area contributed by atoms with Crippen LogP contribution in [0.2, 0.25) is 0 Å². The molecule has 0 saturated heterocycles. The summed E-state index contributed by atoms with van der Waals surface area (Å²) in [5, 5.41) is 6.76. The topological polar surface area (TPSA) is 24.9 Å². The Kier molecular flexibility index (Phi) is 5.17. The molecule has 1 atom stereocenters. The molecule has 0 bridgehead atoms. The second-order valence-corrected chi connectivity index (χ2v) is 7.69. The number of aryl methyl sites for hydroxylation is 1. The highest BCUT2D eigenvalue weighted by Gasteiger charge is 2.19. The third kappa shape index (κ3) is 4.39. The SMILES string of the molecule is CNCC(Cc1nc(C(C)(C)C)cs1)c1ccc(C)cc1. The Morgan fingerprint density at radius 2 is 1.86 bits per heavy atom. The highest BCUT2D eigenvalue weighted by atomic mass is 32.1. The quantitative estimate of drug-likeness (QED) is 0.891. The van der Waals surface area contributed by atoms with Crippen LogP contribution in [0.25, 0.3) is 0 Å². The van der Waals surface area contributed by atoms with Gasteiger partial charge in [0.15, 0.2) is 0 Å². The van der Waals surface area contributed by atoms with E-state index in [9.17, 15) is 0 Å². The lowest BCUT2D eigenvalue weighted by Crippen LogP contribution is -2.19. The highest BCUT2D eigenvalue weighted by Crippen LogP contribution is 2.27. The first-order chi connectivity index (χ1) is 9.90. The van der Waals surface area contributed by atoms with Gasteiger partial charge in [-0.15, -0.1) is 11.3 Å². The van der Waals surface area contributed by atoms with Crippen LogP contribution in [0.15, 0.2) is 29.6 Å². The molecular formula is C18H26N2S. The molecular weight excluding hydrogens is 276 g/mol. The van der Waals surface area contributed by atoms with Crippen molar-refractivity contribution < 1.29 is 0 Å². The maximum atomic E-state index is 4.84. The van der Waals surface area contributed by atoms with E-state index in [0.29, 0.717) is 5.92 Å². The Hall–Kier alpha value is -1.19. The lowest BCUT2D eigenvalue weighted by atomic mass is 9.93. The van der Waals surface area contributed by atoms with Gasteiger partial charge in [0, 0.05) is 29.7 Å². The Morgan fingerprint density at radius 3 is 2.38 bits per heavy atom. The first-order valence-corrected chi connectivity index (χ1v) is 8.44. The number of hydrogen-bond donors (Lipinski definition) is 1. The van der Waals surface area contributed by atoms with Gasteiger partial charge in [0.05, 0.1) is 10.7 Å². The molecule has 1 N–H and O–H groups in total. The fraction of sp³-hybridized carbons (Fsp3) is 0.500. The Labute approximate surface area is 132 Å². The van der Waals surface area contributed by atoms with Crippen molar-refractivity contribution in [3.05, 3.63) is 51.5 Å². The van der Waals surface area contributed by atoms with Crippen molar-refractivity contribution in [3.63, 3.8) is 0 Å². The van der Waals surface area contributed by atoms with Crippen LogP contribution in [0.1, 0.15) is 48.5 Å². The van der Waals surface area contributed by atoms with Crippen molar-refractivity contribution in [1.29, 1.82) is 0 Å². The molecule has 0 aliphatic heterocycles. The molecule has 3 heteroatoms. The molecule has 0 spiro atoms. The van der Waals surface area contributed by atoms with Crippen molar-refractivity contribution in [3.8, 4) is 0 Å². The molecule has 1 aromatic carbocycles. The molecule has 0 fully saturated rings. The molecule has 0 aliphatic rings. The summed E-state index contributed by atoms with van der Waals surface area (Å²) in [6.45, 7) is 9.77. The number of likely N-dealkylation sites (N-methyl/N-ethyl adjacent to an activating group) is 1. The summed E-state index contributed by atoms with van der Waals surface area (Å²) in [7, 11) is 2.02. The number of thiazole rings is 1. The minimum Gasteiger partial charge on any atom is -0.319 e. The monoisotopic (exact) mass is 302 g/mol. The van der Waals surface area contributed by atoms with Gasteiger partial charge in [-0.05, 0) is 19.5 Å². The summed E-state index contributed by atoms with van der Waals surface area (Å²) in [5.74, 6) is 0.481. The van der Waals surface area contributed by atoms with Crippen LogP contribution < -0.4 is 5.32 Å². The van der Waals surface area contributed by atoms with E-state index in [2.05, 4.69) is 62.7 Å². The van der Waals surface area contributed by atoms with Crippen molar-refractivity contribution in [1.82, 2.24) is 10.3 Å². The fourth-order valence-corrected chi connectivity index (χ4v) is 3.46. The van der Waals surface area contributed by atoms with Gasteiger partial charge in [0.1, 0.15) is 0 Å². The number of aromatic nitrogens is 1. The number of benzene rings is 1. The second-order valence-electron chi connectivity index (χ2n) is 6.75. The summed E-state index contributed by atoms with van der Waals surface area (Å²) < 4.78 is 0. The van der Waals surface area contributed by atoms with Gasteiger partial charge in [-0.3, -0.25) is 0 Å². The molecule has 0 saturated carbocycles.